The van der Waals surface area contributed by atoms with E-state index in [1.54, 1.807) is 11.3 Å². The number of halogens is 1. The molecule has 0 radical (unpaired) electrons. The minimum Gasteiger partial charge on any atom is -0.487 e. The van der Waals surface area contributed by atoms with Crippen LogP contribution in [-0.2, 0) is 13.2 Å². The zero-order valence-corrected chi connectivity index (χ0v) is 14.3. The molecule has 5 heteroatoms. The Morgan fingerprint density at radius 1 is 1.40 bits per heavy atom. The van der Waals surface area contributed by atoms with Crippen LogP contribution in [0.5, 0.6) is 5.75 Å². The summed E-state index contributed by atoms with van der Waals surface area (Å²) < 4.78 is 7.06. The lowest BCUT2D eigenvalue weighted by molar-refractivity contribution is 0.295. The summed E-state index contributed by atoms with van der Waals surface area (Å²) in [5.74, 6) is 0.953. The Hall–Kier alpha value is -0.910. The molecule has 2 aromatic rings. The molecule has 1 heterocycles. The van der Waals surface area contributed by atoms with Crippen molar-refractivity contribution in [2.45, 2.75) is 40.0 Å². The van der Waals surface area contributed by atoms with Crippen molar-refractivity contribution >= 4 is 27.3 Å². The quantitative estimate of drug-likeness (QED) is 0.839. The van der Waals surface area contributed by atoms with Gasteiger partial charge in [-0.2, -0.15) is 0 Å². The summed E-state index contributed by atoms with van der Waals surface area (Å²) in [6, 6.07) is 4.63. The molecular weight excluding hydrogens is 336 g/mol. The first-order chi connectivity index (χ1) is 9.56. The van der Waals surface area contributed by atoms with Crippen molar-refractivity contribution in [1.29, 1.82) is 0 Å². The summed E-state index contributed by atoms with van der Waals surface area (Å²) in [5.41, 5.74) is 5.10. The summed E-state index contributed by atoms with van der Waals surface area (Å²) in [5, 5.41) is 5.45. The van der Waals surface area contributed by atoms with Crippen molar-refractivity contribution in [3.05, 3.63) is 44.3 Å². The number of ether oxygens (including phenoxy) is 1. The Bertz CT molecular complexity index is 555. The van der Waals surface area contributed by atoms with Gasteiger partial charge in [0.15, 0.2) is 0 Å². The van der Waals surface area contributed by atoms with Crippen LogP contribution in [0.1, 0.15) is 30.7 Å². The number of aromatic nitrogens is 1. The van der Waals surface area contributed by atoms with Crippen LogP contribution < -0.4 is 10.1 Å². The molecule has 0 saturated heterocycles. The van der Waals surface area contributed by atoms with Crippen molar-refractivity contribution in [2.75, 3.05) is 0 Å². The van der Waals surface area contributed by atoms with Crippen molar-refractivity contribution in [1.82, 2.24) is 10.3 Å². The predicted octanol–water partition coefficient (Wildman–Crippen LogP) is 4.29. The molecule has 0 spiro atoms. The van der Waals surface area contributed by atoms with Gasteiger partial charge in [0, 0.05) is 28.0 Å². The average molecular weight is 355 g/mol. The van der Waals surface area contributed by atoms with E-state index < -0.39 is 0 Å². The van der Waals surface area contributed by atoms with Crippen LogP contribution in [0.15, 0.2) is 27.5 Å². The Morgan fingerprint density at radius 2 is 2.20 bits per heavy atom. The SMILES string of the molecule is Cc1cc(Br)cc(CNC(C)C)c1OCc1cscn1. The van der Waals surface area contributed by atoms with Crippen LogP contribution in [0, 0.1) is 6.92 Å². The second-order valence-corrected chi connectivity index (χ2v) is 6.65. The normalized spacial score (nSPS) is 11.1. The average Bonchev–Trinajstić information content (AvgIpc) is 2.88. The smallest absolute Gasteiger partial charge is 0.131 e. The molecule has 0 bridgehead atoms. The zero-order chi connectivity index (χ0) is 14.5. The highest BCUT2D eigenvalue weighted by Crippen LogP contribution is 2.29. The third-order valence-corrected chi connectivity index (χ3v) is 3.96. The number of nitrogens with zero attached hydrogens (tertiary/aromatic N) is 1. The zero-order valence-electron chi connectivity index (χ0n) is 11.9. The van der Waals surface area contributed by atoms with Gasteiger partial charge in [-0.1, -0.05) is 29.8 Å². The van der Waals surface area contributed by atoms with E-state index in [-0.39, 0.29) is 0 Å². The van der Waals surface area contributed by atoms with Crippen molar-refractivity contribution in [3.8, 4) is 5.75 Å². The lowest BCUT2D eigenvalue weighted by atomic mass is 10.1. The van der Waals surface area contributed by atoms with Gasteiger partial charge < -0.3 is 10.1 Å². The Morgan fingerprint density at radius 3 is 2.85 bits per heavy atom. The van der Waals surface area contributed by atoms with Crippen LogP contribution >= 0.6 is 27.3 Å². The molecule has 20 heavy (non-hydrogen) atoms. The molecule has 0 unspecified atom stereocenters. The molecule has 0 aliphatic rings. The van der Waals surface area contributed by atoms with Crippen LogP contribution in [0.25, 0.3) is 0 Å². The fourth-order valence-electron chi connectivity index (χ4n) is 1.91. The van der Waals surface area contributed by atoms with Crippen LogP contribution in [0.4, 0.5) is 0 Å². The second kappa shape index (κ2) is 7.20. The van der Waals surface area contributed by atoms with E-state index in [1.807, 2.05) is 10.9 Å². The third kappa shape index (κ3) is 4.30. The predicted molar refractivity (Wildman–Crippen MR) is 87.3 cm³/mol. The van der Waals surface area contributed by atoms with Crippen LogP contribution in [0.3, 0.4) is 0 Å². The topological polar surface area (TPSA) is 34.1 Å². The van der Waals surface area contributed by atoms with E-state index in [9.17, 15) is 0 Å². The van der Waals surface area contributed by atoms with Crippen LogP contribution in [-0.4, -0.2) is 11.0 Å². The first-order valence-corrected chi connectivity index (χ1v) is 8.32. The summed E-state index contributed by atoms with van der Waals surface area (Å²) >= 11 is 5.14. The molecule has 0 aliphatic heterocycles. The van der Waals surface area contributed by atoms with Gasteiger partial charge in [-0.3, -0.25) is 0 Å². The van der Waals surface area contributed by atoms with Gasteiger partial charge in [0.1, 0.15) is 12.4 Å². The van der Waals surface area contributed by atoms with Gasteiger partial charge in [0.05, 0.1) is 11.2 Å². The molecule has 2 rings (SSSR count). The summed E-state index contributed by atoms with van der Waals surface area (Å²) in [6.45, 7) is 7.66. The number of aryl methyl sites for hydroxylation is 1. The van der Waals surface area contributed by atoms with Gasteiger partial charge in [-0.25, -0.2) is 4.98 Å². The molecule has 0 fully saturated rings. The third-order valence-electron chi connectivity index (χ3n) is 2.86. The summed E-state index contributed by atoms with van der Waals surface area (Å²) in [4.78, 5) is 4.25. The minimum atomic E-state index is 0.445. The summed E-state index contributed by atoms with van der Waals surface area (Å²) in [6.07, 6.45) is 0. The Kier molecular flexibility index (Phi) is 5.57. The fourth-order valence-corrected chi connectivity index (χ4v) is 3.07. The molecule has 1 aromatic carbocycles. The molecule has 0 amide bonds. The van der Waals surface area contributed by atoms with Crippen molar-refractivity contribution in [3.63, 3.8) is 0 Å². The van der Waals surface area contributed by atoms with Gasteiger partial charge in [-0.15, -0.1) is 11.3 Å². The highest BCUT2D eigenvalue weighted by molar-refractivity contribution is 9.10. The summed E-state index contributed by atoms with van der Waals surface area (Å²) in [7, 11) is 0. The number of thiazole rings is 1. The highest BCUT2D eigenvalue weighted by atomic mass is 79.9. The molecule has 108 valence electrons. The maximum Gasteiger partial charge on any atom is 0.131 e. The number of nitrogens with one attached hydrogen (secondary N) is 1. The van der Waals surface area contributed by atoms with E-state index >= 15 is 0 Å². The maximum absolute atomic E-state index is 5.98. The van der Waals surface area contributed by atoms with Crippen molar-refractivity contribution < 1.29 is 4.74 Å². The Labute approximate surface area is 132 Å². The number of hydrogen-bond donors (Lipinski definition) is 1. The molecule has 0 aliphatic carbocycles. The number of hydrogen-bond acceptors (Lipinski definition) is 4. The fraction of sp³-hybridized carbons (Fsp3) is 0.400. The molecular formula is C15H19BrN2OS. The minimum absolute atomic E-state index is 0.445. The number of rotatable bonds is 6. The van der Waals surface area contributed by atoms with Gasteiger partial charge in [0.25, 0.3) is 0 Å². The Balaban J connectivity index is 2.16. The van der Waals surface area contributed by atoms with E-state index in [4.69, 9.17) is 4.74 Å². The number of benzene rings is 1. The molecule has 3 nitrogen and oxygen atoms in total. The van der Waals surface area contributed by atoms with E-state index in [0.717, 1.165) is 28.0 Å². The first kappa shape index (κ1) is 15.5. The van der Waals surface area contributed by atoms with Gasteiger partial charge in [0.2, 0.25) is 0 Å². The standard InChI is InChI=1S/C15H19BrN2OS/c1-10(2)17-6-12-5-13(16)4-11(3)15(12)19-7-14-8-20-9-18-14/h4-5,8-10,17H,6-7H2,1-3H3. The molecule has 1 N–H and O–H groups in total. The van der Waals surface area contributed by atoms with Gasteiger partial charge in [-0.05, 0) is 24.6 Å². The van der Waals surface area contributed by atoms with Crippen LogP contribution in [0.2, 0.25) is 0 Å². The molecule has 0 atom stereocenters. The highest BCUT2D eigenvalue weighted by Gasteiger charge is 2.10. The van der Waals surface area contributed by atoms with E-state index in [0.29, 0.717) is 12.6 Å². The second-order valence-electron chi connectivity index (χ2n) is 5.01. The molecule has 1 aromatic heterocycles. The van der Waals surface area contributed by atoms with Gasteiger partial charge >= 0.3 is 0 Å². The van der Waals surface area contributed by atoms with E-state index in [2.05, 4.69) is 59.1 Å². The monoisotopic (exact) mass is 354 g/mol. The lowest BCUT2D eigenvalue weighted by Gasteiger charge is -2.16. The maximum atomic E-state index is 5.98. The first-order valence-electron chi connectivity index (χ1n) is 6.58. The van der Waals surface area contributed by atoms with E-state index in [1.165, 1.54) is 5.56 Å². The lowest BCUT2D eigenvalue weighted by Crippen LogP contribution is -2.22. The van der Waals surface area contributed by atoms with Crippen molar-refractivity contribution in [2.24, 2.45) is 0 Å². The molecule has 0 saturated carbocycles. The largest absolute Gasteiger partial charge is 0.487 e.